The largest absolute Gasteiger partial charge is 0.294 e. The summed E-state index contributed by atoms with van der Waals surface area (Å²) in [6, 6.07) is 14.6. The van der Waals surface area contributed by atoms with Crippen molar-refractivity contribution in [1.29, 1.82) is 0 Å². The van der Waals surface area contributed by atoms with E-state index in [2.05, 4.69) is 47.4 Å². The highest BCUT2D eigenvalue weighted by Gasteiger charge is 2.27. The van der Waals surface area contributed by atoms with Crippen LogP contribution in [0.15, 0.2) is 47.6 Å². The molecule has 136 valence electrons. The predicted octanol–water partition coefficient (Wildman–Crippen LogP) is 6.33. The Labute approximate surface area is 156 Å². The van der Waals surface area contributed by atoms with Crippen LogP contribution in [0.1, 0.15) is 74.1 Å². The highest BCUT2D eigenvalue weighted by Crippen LogP contribution is 2.35. The number of benzene rings is 1. The molecule has 0 fully saturated rings. The molecule has 1 unspecified atom stereocenters. The molecule has 0 amide bonds. The first-order valence-electron chi connectivity index (χ1n) is 9.09. The molecule has 0 saturated heterocycles. The van der Waals surface area contributed by atoms with Crippen molar-refractivity contribution >= 4 is 22.8 Å². The van der Waals surface area contributed by atoms with Crippen LogP contribution in [0, 0.1) is 0 Å². The van der Waals surface area contributed by atoms with Crippen molar-refractivity contribution in [1.82, 2.24) is 5.01 Å². The van der Waals surface area contributed by atoms with Gasteiger partial charge in [-0.15, -0.1) is 11.3 Å². The summed E-state index contributed by atoms with van der Waals surface area (Å²) in [5.74, 6) is 0.136. The summed E-state index contributed by atoms with van der Waals surface area (Å²) >= 11 is 1.59. The van der Waals surface area contributed by atoms with Crippen LogP contribution in [0.3, 0.4) is 0 Å². The van der Waals surface area contributed by atoms with Crippen LogP contribution in [0.2, 0.25) is 0 Å². The van der Waals surface area contributed by atoms with E-state index in [1.165, 1.54) is 10.4 Å². The number of ketones is 1. The highest BCUT2D eigenvalue weighted by molar-refractivity contribution is 7.14. The molecule has 3 rings (SSSR count). The lowest BCUT2D eigenvalue weighted by molar-refractivity contribution is 0.102. The van der Waals surface area contributed by atoms with E-state index >= 15 is 0 Å². The van der Waals surface area contributed by atoms with Crippen LogP contribution in [0.4, 0.5) is 0 Å². The van der Waals surface area contributed by atoms with Crippen molar-refractivity contribution in [2.75, 3.05) is 0 Å². The number of hydrazone groups is 1. The number of hydrogen-bond donors (Lipinski definition) is 0. The van der Waals surface area contributed by atoms with Crippen LogP contribution in [0.25, 0.3) is 0 Å². The molecule has 1 aromatic carbocycles. The fourth-order valence-electron chi connectivity index (χ4n) is 2.60. The van der Waals surface area contributed by atoms with Gasteiger partial charge in [0, 0.05) is 17.0 Å². The van der Waals surface area contributed by atoms with Crippen molar-refractivity contribution in [2.45, 2.75) is 60.5 Å². The van der Waals surface area contributed by atoms with Crippen LogP contribution < -0.4 is 0 Å². The van der Waals surface area contributed by atoms with Gasteiger partial charge in [0.05, 0.1) is 17.5 Å². The average molecular weight is 359 g/mol. The van der Waals surface area contributed by atoms with E-state index in [0.717, 1.165) is 23.6 Å². The third kappa shape index (κ3) is 5.82. The van der Waals surface area contributed by atoms with Gasteiger partial charge in [-0.1, -0.05) is 58.0 Å². The average Bonchev–Trinajstić information content (AvgIpc) is 3.26. The Bertz CT molecular complexity index is 676. The zero-order valence-electron chi connectivity index (χ0n) is 16.2. The second-order valence-electron chi connectivity index (χ2n) is 5.40. The molecule has 0 saturated carbocycles. The second-order valence-corrected chi connectivity index (χ2v) is 6.51. The Hall–Kier alpha value is -1.94. The van der Waals surface area contributed by atoms with E-state index < -0.39 is 0 Å². The maximum atomic E-state index is 11.5. The summed E-state index contributed by atoms with van der Waals surface area (Å²) in [6.07, 6.45) is 0.935. The molecule has 0 aliphatic carbocycles. The molecule has 3 nitrogen and oxygen atoms in total. The Balaban J connectivity index is 0.000000730. The number of hydrogen-bond acceptors (Lipinski definition) is 4. The van der Waals surface area contributed by atoms with E-state index in [0.29, 0.717) is 0 Å². The standard InChI is InChI=1S/C17H18N2OS.2C2H6/c1-12-10-15(17-9-8-16(21-17)13(2)20)19(18-12)11-14-6-4-3-5-7-14;2*1-2/h3-9,15H,10-11H2,1-2H3;2*1-2H3. The third-order valence-corrected chi connectivity index (χ3v) is 4.92. The molecule has 2 aromatic rings. The lowest BCUT2D eigenvalue weighted by Crippen LogP contribution is -2.18. The summed E-state index contributed by atoms with van der Waals surface area (Å²) in [4.78, 5) is 13.5. The maximum absolute atomic E-state index is 11.5. The fraction of sp³-hybridized carbons (Fsp3) is 0.429. The molecule has 0 radical (unpaired) electrons. The van der Waals surface area contributed by atoms with E-state index in [9.17, 15) is 4.79 Å². The van der Waals surface area contributed by atoms with E-state index in [4.69, 9.17) is 0 Å². The number of rotatable bonds is 4. The summed E-state index contributed by atoms with van der Waals surface area (Å²) in [7, 11) is 0. The topological polar surface area (TPSA) is 32.7 Å². The molecule has 0 N–H and O–H groups in total. The van der Waals surface area contributed by atoms with Crippen molar-refractivity contribution in [3.05, 3.63) is 57.8 Å². The molecular formula is C21H30N2OS. The van der Waals surface area contributed by atoms with Crippen molar-refractivity contribution in [3.63, 3.8) is 0 Å². The van der Waals surface area contributed by atoms with Crippen LogP contribution >= 0.6 is 11.3 Å². The molecule has 2 heterocycles. The molecule has 1 atom stereocenters. The molecule has 0 bridgehead atoms. The maximum Gasteiger partial charge on any atom is 0.169 e. The van der Waals surface area contributed by atoms with Gasteiger partial charge >= 0.3 is 0 Å². The number of carbonyl (C=O) groups is 1. The van der Waals surface area contributed by atoms with Gasteiger partial charge in [0.15, 0.2) is 5.78 Å². The molecule has 0 spiro atoms. The van der Waals surface area contributed by atoms with E-state index in [1.807, 2.05) is 39.8 Å². The number of nitrogens with zero attached hydrogens (tertiary/aromatic N) is 2. The number of Topliss-reactive ketones (excluding diaryl/α,β-unsaturated/α-hetero) is 1. The lowest BCUT2D eigenvalue weighted by Gasteiger charge is -2.22. The van der Waals surface area contributed by atoms with Crippen molar-refractivity contribution in [3.8, 4) is 0 Å². The Morgan fingerprint density at radius 3 is 2.32 bits per heavy atom. The zero-order chi connectivity index (χ0) is 18.8. The molecule has 25 heavy (non-hydrogen) atoms. The zero-order valence-corrected chi connectivity index (χ0v) is 17.1. The molecular weight excluding hydrogens is 328 g/mol. The molecule has 1 aliphatic heterocycles. The monoisotopic (exact) mass is 358 g/mol. The van der Waals surface area contributed by atoms with Crippen molar-refractivity contribution < 1.29 is 4.79 Å². The number of thiophene rings is 1. The second kappa shape index (κ2) is 10.8. The first-order valence-corrected chi connectivity index (χ1v) is 9.90. The quantitative estimate of drug-likeness (QED) is 0.599. The normalized spacial score (nSPS) is 15.5. The lowest BCUT2D eigenvalue weighted by atomic mass is 10.1. The van der Waals surface area contributed by atoms with Gasteiger partial charge in [0.2, 0.25) is 0 Å². The predicted molar refractivity (Wildman–Crippen MR) is 109 cm³/mol. The van der Waals surface area contributed by atoms with Crippen LogP contribution in [-0.2, 0) is 6.54 Å². The number of carbonyl (C=O) groups excluding carboxylic acids is 1. The van der Waals surface area contributed by atoms with Gasteiger partial charge in [-0.3, -0.25) is 9.80 Å². The minimum atomic E-state index is 0.136. The van der Waals surface area contributed by atoms with Crippen molar-refractivity contribution in [2.24, 2.45) is 5.10 Å². The first kappa shape index (κ1) is 21.1. The third-order valence-electron chi connectivity index (χ3n) is 3.64. The first-order chi connectivity index (χ1) is 12.1. The molecule has 1 aromatic heterocycles. The van der Waals surface area contributed by atoms with Gasteiger partial charge in [0.1, 0.15) is 0 Å². The SMILES string of the molecule is CC.CC.CC(=O)c1ccc(C2CC(C)=NN2Cc2ccccc2)s1. The van der Waals surface area contributed by atoms with Gasteiger partial charge in [-0.25, -0.2) is 0 Å². The highest BCUT2D eigenvalue weighted by atomic mass is 32.1. The summed E-state index contributed by atoms with van der Waals surface area (Å²) in [6.45, 7) is 12.5. The minimum Gasteiger partial charge on any atom is -0.294 e. The summed E-state index contributed by atoms with van der Waals surface area (Å²) in [5.41, 5.74) is 2.40. The minimum absolute atomic E-state index is 0.136. The summed E-state index contributed by atoms with van der Waals surface area (Å²) in [5, 5.41) is 6.81. The van der Waals surface area contributed by atoms with E-state index in [1.54, 1.807) is 18.3 Å². The van der Waals surface area contributed by atoms with Crippen LogP contribution in [0.5, 0.6) is 0 Å². The fourth-order valence-corrected chi connectivity index (χ4v) is 3.61. The summed E-state index contributed by atoms with van der Waals surface area (Å²) < 4.78 is 0. The smallest absolute Gasteiger partial charge is 0.169 e. The Morgan fingerprint density at radius 2 is 1.76 bits per heavy atom. The van der Waals surface area contributed by atoms with Gasteiger partial charge in [-0.05, 0) is 31.5 Å². The molecule has 1 aliphatic rings. The van der Waals surface area contributed by atoms with Gasteiger partial charge in [0.25, 0.3) is 0 Å². The Kier molecular flexibility index (Phi) is 9.14. The van der Waals surface area contributed by atoms with Gasteiger partial charge < -0.3 is 0 Å². The van der Waals surface area contributed by atoms with E-state index in [-0.39, 0.29) is 11.8 Å². The molecule has 4 heteroatoms. The van der Waals surface area contributed by atoms with Crippen LogP contribution in [-0.4, -0.2) is 16.5 Å². The van der Waals surface area contributed by atoms with Gasteiger partial charge in [-0.2, -0.15) is 5.10 Å². The Morgan fingerprint density at radius 1 is 1.12 bits per heavy atom.